The van der Waals surface area contributed by atoms with Crippen LogP contribution in [0.4, 0.5) is 0 Å². The van der Waals surface area contributed by atoms with Crippen LogP contribution in [0.25, 0.3) is 0 Å². The van der Waals surface area contributed by atoms with E-state index in [0.29, 0.717) is 6.04 Å². The molecule has 3 heteroatoms. The van der Waals surface area contributed by atoms with Crippen LogP contribution in [0.3, 0.4) is 0 Å². The van der Waals surface area contributed by atoms with Crippen LogP contribution in [-0.4, -0.2) is 38.4 Å². The number of methoxy groups -OCH3 is 1. The highest BCUT2D eigenvalue weighted by Gasteiger charge is 2.34. The minimum absolute atomic E-state index is 0.259. The average Bonchev–Trinajstić information content (AvgIpc) is 2.72. The van der Waals surface area contributed by atoms with Gasteiger partial charge in [-0.15, -0.1) is 0 Å². The summed E-state index contributed by atoms with van der Waals surface area (Å²) in [4.78, 5) is 0. The van der Waals surface area contributed by atoms with Gasteiger partial charge in [-0.3, -0.25) is 0 Å². The van der Waals surface area contributed by atoms with Gasteiger partial charge in [0.25, 0.3) is 0 Å². The van der Waals surface area contributed by atoms with E-state index < -0.39 is 0 Å². The van der Waals surface area contributed by atoms with Crippen molar-refractivity contribution in [3.8, 4) is 0 Å². The minimum Gasteiger partial charge on any atom is -0.383 e. The number of hydrogen-bond acceptors (Lipinski definition) is 3. The van der Waals surface area contributed by atoms with Crippen molar-refractivity contribution in [3.63, 3.8) is 0 Å². The van der Waals surface area contributed by atoms with E-state index in [9.17, 15) is 0 Å². The molecule has 0 amide bonds. The van der Waals surface area contributed by atoms with Gasteiger partial charge in [-0.1, -0.05) is 6.42 Å². The van der Waals surface area contributed by atoms with E-state index in [-0.39, 0.29) is 5.54 Å². The molecule has 0 bridgehead atoms. The average molecular weight is 212 g/mol. The zero-order chi connectivity index (χ0) is 10.6. The molecule has 3 nitrogen and oxygen atoms in total. The highest BCUT2D eigenvalue weighted by Crippen LogP contribution is 2.27. The molecule has 2 aliphatic rings. The number of ether oxygens (including phenoxy) is 1. The largest absolute Gasteiger partial charge is 0.383 e. The standard InChI is InChI=1S/C12H24N2O/c1-15-10-12(6-2-3-8-14-12)9-11-5-4-7-13-11/h11,13-14H,2-10H2,1H3. The number of hydrogen-bond donors (Lipinski definition) is 2. The molecule has 0 aromatic heterocycles. The van der Waals surface area contributed by atoms with Crippen LogP contribution in [-0.2, 0) is 4.74 Å². The van der Waals surface area contributed by atoms with Gasteiger partial charge in [0.1, 0.15) is 0 Å². The first-order valence-corrected chi connectivity index (χ1v) is 6.32. The molecule has 0 saturated carbocycles. The molecule has 2 N–H and O–H groups in total. The van der Waals surface area contributed by atoms with Crippen LogP contribution in [0.2, 0.25) is 0 Å². The summed E-state index contributed by atoms with van der Waals surface area (Å²) in [6.45, 7) is 3.23. The van der Waals surface area contributed by atoms with E-state index in [1.165, 1.54) is 45.1 Å². The first kappa shape index (κ1) is 11.4. The molecule has 2 unspecified atom stereocenters. The van der Waals surface area contributed by atoms with Crippen LogP contribution in [0.5, 0.6) is 0 Å². The summed E-state index contributed by atoms with van der Waals surface area (Å²) in [6.07, 6.45) is 7.87. The Morgan fingerprint density at radius 3 is 2.80 bits per heavy atom. The van der Waals surface area contributed by atoms with Gasteiger partial charge in [-0.25, -0.2) is 0 Å². The van der Waals surface area contributed by atoms with Crippen molar-refractivity contribution in [1.29, 1.82) is 0 Å². The first-order chi connectivity index (χ1) is 7.35. The Balaban J connectivity index is 1.90. The quantitative estimate of drug-likeness (QED) is 0.736. The molecule has 0 spiro atoms. The summed E-state index contributed by atoms with van der Waals surface area (Å²) in [5.74, 6) is 0. The highest BCUT2D eigenvalue weighted by atomic mass is 16.5. The second kappa shape index (κ2) is 5.28. The molecule has 0 aliphatic carbocycles. The van der Waals surface area contributed by atoms with Crippen molar-refractivity contribution in [2.75, 3.05) is 26.8 Å². The maximum Gasteiger partial charge on any atom is 0.0645 e. The Morgan fingerprint density at radius 2 is 2.20 bits per heavy atom. The van der Waals surface area contributed by atoms with Gasteiger partial charge in [-0.05, 0) is 45.2 Å². The molecular formula is C12H24N2O. The Bertz CT molecular complexity index is 179. The minimum atomic E-state index is 0.259. The number of rotatable bonds is 4. The van der Waals surface area contributed by atoms with Gasteiger partial charge in [-0.2, -0.15) is 0 Å². The van der Waals surface area contributed by atoms with Crippen LogP contribution in [0.15, 0.2) is 0 Å². The van der Waals surface area contributed by atoms with Gasteiger partial charge < -0.3 is 15.4 Å². The van der Waals surface area contributed by atoms with E-state index in [4.69, 9.17) is 4.74 Å². The fourth-order valence-electron chi connectivity index (χ4n) is 3.07. The van der Waals surface area contributed by atoms with Gasteiger partial charge >= 0.3 is 0 Å². The van der Waals surface area contributed by atoms with Gasteiger partial charge in [0.2, 0.25) is 0 Å². The zero-order valence-corrected chi connectivity index (χ0v) is 9.85. The van der Waals surface area contributed by atoms with E-state index >= 15 is 0 Å². The molecule has 15 heavy (non-hydrogen) atoms. The van der Waals surface area contributed by atoms with Gasteiger partial charge in [0.15, 0.2) is 0 Å². The third-order valence-corrected chi connectivity index (χ3v) is 3.80. The van der Waals surface area contributed by atoms with Crippen LogP contribution >= 0.6 is 0 Å². The molecule has 0 aromatic carbocycles. The lowest BCUT2D eigenvalue weighted by atomic mass is 9.83. The Morgan fingerprint density at radius 1 is 1.27 bits per heavy atom. The first-order valence-electron chi connectivity index (χ1n) is 6.32. The molecule has 2 atom stereocenters. The topological polar surface area (TPSA) is 33.3 Å². The number of nitrogens with one attached hydrogen (secondary N) is 2. The molecule has 2 aliphatic heterocycles. The van der Waals surface area contributed by atoms with Crippen molar-refractivity contribution in [2.45, 2.75) is 50.1 Å². The zero-order valence-electron chi connectivity index (χ0n) is 9.85. The lowest BCUT2D eigenvalue weighted by molar-refractivity contribution is 0.0773. The highest BCUT2D eigenvalue weighted by molar-refractivity contribution is 4.95. The monoisotopic (exact) mass is 212 g/mol. The molecule has 2 heterocycles. The van der Waals surface area contributed by atoms with Crippen LogP contribution in [0.1, 0.15) is 38.5 Å². The summed E-state index contributed by atoms with van der Waals surface area (Å²) >= 11 is 0. The molecule has 0 aromatic rings. The molecule has 2 rings (SSSR count). The van der Waals surface area contributed by atoms with Gasteiger partial charge in [0, 0.05) is 18.7 Å². The predicted molar refractivity (Wildman–Crippen MR) is 62.1 cm³/mol. The molecule has 2 fully saturated rings. The number of piperidine rings is 1. The lowest BCUT2D eigenvalue weighted by Crippen LogP contribution is -2.54. The summed E-state index contributed by atoms with van der Waals surface area (Å²) in [5.41, 5.74) is 0.259. The molecular weight excluding hydrogens is 188 g/mol. The Hall–Kier alpha value is -0.120. The van der Waals surface area contributed by atoms with Crippen LogP contribution < -0.4 is 10.6 Å². The van der Waals surface area contributed by atoms with Crippen molar-refractivity contribution < 1.29 is 4.74 Å². The third-order valence-electron chi connectivity index (χ3n) is 3.80. The fourth-order valence-corrected chi connectivity index (χ4v) is 3.07. The second-order valence-corrected chi connectivity index (χ2v) is 5.09. The van der Waals surface area contributed by atoms with Crippen LogP contribution in [0, 0.1) is 0 Å². The Kier molecular flexibility index (Phi) is 4.00. The summed E-state index contributed by atoms with van der Waals surface area (Å²) < 4.78 is 5.40. The maximum atomic E-state index is 5.40. The smallest absolute Gasteiger partial charge is 0.0645 e. The van der Waals surface area contributed by atoms with Crippen molar-refractivity contribution in [3.05, 3.63) is 0 Å². The molecule has 0 radical (unpaired) electrons. The van der Waals surface area contributed by atoms with Gasteiger partial charge in [0.05, 0.1) is 6.61 Å². The normalized spacial score (nSPS) is 37.0. The summed E-state index contributed by atoms with van der Waals surface area (Å²) in [6, 6.07) is 0.714. The molecule has 2 saturated heterocycles. The van der Waals surface area contributed by atoms with Crippen molar-refractivity contribution in [1.82, 2.24) is 10.6 Å². The van der Waals surface area contributed by atoms with Crippen molar-refractivity contribution in [2.24, 2.45) is 0 Å². The second-order valence-electron chi connectivity index (χ2n) is 5.09. The summed E-state index contributed by atoms with van der Waals surface area (Å²) in [5, 5.41) is 7.29. The predicted octanol–water partition coefficient (Wildman–Crippen LogP) is 1.29. The van der Waals surface area contributed by atoms with E-state index in [1.807, 2.05) is 7.11 Å². The SMILES string of the molecule is COCC1(CC2CCCN2)CCCCN1. The third kappa shape index (κ3) is 2.92. The van der Waals surface area contributed by atoms with E-state index in [2.05, 4.69) is 10.6 Å². The maximum absolute atomic E-state index is 5.40. The Labute approximate surface area is 93.0 Å². The van der Waals surface area contributed by atoms with E-state index in [1.54, 1.807) is 0 Å². The van der Waals surface area contributed by atoms with Crippen molar-refractivity contribution >= 4 is 0 Å². The lowest BCUT2D eigenvalue weighted by Gasteiger charge is -2.39. The molecule has 88 valence electrons. The summed E-state index contributed by atoms with van der Waals surface area (Å²) in [7, 11) is 1.82. The van der Waals surface area contributed by atoms with E-state index in [0.717, 1.165) is 13.2 Å². The fraction of sp³-hybridized carbons (Fsp3) is 1.00.